The van der Waals surface area contributed by atoms with Gasteiger partial charge in [0, 0.05) is 19.2 Å². The number of nitro groups is 1. The van der Waals surface area contributed by atoms with Gasteiger partial charge in [0.25, 0.3) is 11.6 Å². The second kappa shape index (κ2) is 8.48. The Kier molecular flexibility index (Phi) is 6.21. The number of anilines is 1. The summed E-state index contributed by atoms with van der Waals surface area (Å²) < 4.78 is 27.2. The lowest BCUT2D eigenvalue weighted by molar-refractivity contribution is -0.385. The van der Waals surface area contributed by atoms with Crippen LogP contribution < -0.4 is 5.32 Å². The number of hydrogen-bond donors (Lipinski definition) is 1. The normalized spacial score (nSPS) is 15.1. The first-order valence-corrected chi connectivity index (χ1v) is 10.9. The van der Waals surface area contributed by atoms with Crippen molar-refractivity contribution in [2.24, 2.45) is 0 Å². The number of carbonyl (C=O) groups is 1. The van der Waals surface area contributed by atoms with Crippen LogP contribution in [0.2, 0.25) is 5.02 Å². The van der Waals surface area contributed by atoms with Crippen molar-refractivity contribution in [2.75, 3.05) is 18.4 Å². The second-order valence-electron chi connectivity index (χ2n) is 6.77. The average Bonchev–Trinajstić information content (AvgIpc) is 2.70. The highest BCUT2D eigenvalue weighted by molar-refractivity contribution is 7.89. The number of carbonyl (C=O) groups excluding carboxylic acids is 1. The smallest absolute Gasteiger partial charge is 0.274 e. The summed E-state index contributed by atoms with van der Waals surface area (Å²) in [5.74, 6) is -0.644. The summed E-state index contributed by atoms with van der Waals surface area (Å²) in [4.78, 5) is 23.3. The van der Waals surface area contributed by atoms with Crippen LogP contribution in [0.5, 0.6) is 0 Å². The van der Waals surface area contributed by atoms with Gasteiger partial charge in [-0.2, -0.15) is 4.31 Å². The molecule has 2 aromatic rings. The van der Waals surface area contributed by atoms with E-state index >= 15 is 0 Å². The molecule has 1 N–H and O–H groups in total. The molecule has 10 heteroatoms. The van der Waals surface area contributed by atoms with Gasteiger partial charge >= 0.3 is 0 Å². The van der Waals surface area contributed by atoms with Crippen molar-refractivity contribution < 1.29 is 18.1 Å². The molecular formula is C19H20ClN3O5S. The van der Waals surface area contributed by atoms with E-state index in [9.17, 15) is 23.3 Å². The third kappa shape index (κ3) is 4.42. The van der Waals surface area contributed by atoms with E-state index in [-0.39, 0.29) is 26.9 Å². The maximum atomic E-state index is 12.9. The molecule has 1 aliphatic rings. The van der Waals surface area contributed by atoms with Crippen molar-refractivity contribution in [2.45, 2.75) is 31.1 Å². The number of amides is 1. The number of halogens is 1. The largest absolute Gasteiger partial charge is 0.321 e. The van der Waals surface area contributed by atoms with E-state index in [0.717, 1.165) is 19.3 Å². The predicted octanol–water partition coefficient (Wildman–Crippen LogP) is 3.98. The van der Waals surface area contributed by atoms with Crippen molar-refractivity contribution >= 4 is 38.9 Å². The summed E-state index contributed by atoms with van der Waals surface area (Å²) in [6, 6.07) is 8.31. The first-order valence-electron chi connectivity index (χ1n) is 9.07. The molecule has 0 aromatic heterocycles. The zero-order valence-corrected chi connectivity index (χ0v) is 17.3. The van der Waals surface area contributed by atoms with Gasteiger partial charge in [-0.1, -0.05) is 24.1 Å². The molecule has 0 atom stereocenters. The molecule has 0 aliphatic carbocycles. The number of piperidine rings is 1. The van der Waals surface area contributed by atoms with E-state index in [1.807, 2.05) is 0 Å². The molecule has 2 aromatic carbocycles. The standard InChI is InChI=1S/C19H20ClN3O5S/c1-13-17(6-5-7-18(13)23(25)26)21-19(24)15-12-14(8-9-16(15)20)29(27,28)22-10-3-2-4-11-22/h5-9,12H,2-4,10-11H2,1H3,(H,21,24). The minimum Gasteiger partial charge on any atom is -0.321 e. The molecule has 1 heterocycles. The number of nitrogens with one attached hydrogen (secondary N) is 1. The summed E-state index contributed by atoms with van der Waals surface area (Å²) >= 11 is 6.14. The van der Waals surface area contributed by atoms with Crippen molar-refractivity contribution in [1.29, 1.82) is 0 Å². The highest BCUT2D eigenvalue weighted by atomic mass is 35.5. The van der Waals surface area contributed by atoms with E-state index in [2.05, 4.69) is 5.32 Å². The molecule has 0 spiro atoms. The summed E-state index contributed by atoms with van der Waals surface area (Å²) in [5, 5.41) is 13.8. The Morgan fingerprint density at radius 2 is 1.86 bits per heavy atom. The highest BCUT2D eigenvalue weighted by Gasteiger charge is 2.27. The average molecular weight is 438 g/mol. The maximum Gasteiger partial charge on any atom is 0.274 e. The molecule has 0 unspecified atom stereocenters. The quantitative estimate of drug-likeness (QED) is 0.561. The Balaban J connectivity index is 1.91. The van der Waals surface area contributed by atoms with Gasteiger partial charge in [0.15, 0.2) is 0 Å². The molecule has 8 nitrogen and oxygen atoms in total. The van der Waals surface area contributed by atoms with Gasteiger partial charge in [-0.3, -0.25) is 14.9 Å². The third-order valence-electron chi connectivity index (χ3n) is 4.89. The minimum atomic E-state index is -3.73. The van der Waals surface area contributed by atoms with Crippen LogP contribution in [0, 0.1) is 17.0 Å². The zero-order valence-electron chi connectivity index (χ0n) is 15.7. The zero-order chi connectivity index (χ0) is 21.2. The summed E-state index contributed by atoms with van der Waals surface area (Å²) in [6.45, 7) is 2.41. The van der Waals surface area contributed by atoms with Gasteiger partial charge in [-0.25, -0.2) is 8.42 Å². The highest BCUT2D eigenvalue weighted by Crippen LogP contribution is 2.28. The van der Waals surface area contributed by atoms with Crippen LogP contribution >= 0.6 is 11.6 Å². The van der Waals surface area contributed by atoms with Gasteiger partial charge < -0.3 is 5.32 Å². The van der Waals surface area contributed by atoms with E-state index in [4.69, 9.17) is 11.6 Å². The first kappa shape index (κ1) is 21.2. The van der Waals surface area contributed by atoms with Gasteiger partial charge in [0.2, 0.25) is 10.0 Å². The first-order chi connectivity index (χ1) is 13.7. The number of nitro benzene ring substituents is 1. The van der Waals surface area contributed by atoms with Gasteiger partial charge in [-0.15, -0.1) is 0 Å². The minimum absolute atomic E-state index is 0.00952. The fraction of sp³-hybridized carbons (Fsp3) is 0.316. The number of sulfonamides is 1. The van der Waals surface area contributed by atoms with Crippen LogP contribution in [0.1, 0.15) is 35.2 Å². The topological polar surface area (TPSA) is 110 Å². The Bertz CT molecular complexity index is 1070. The third-order valence-corrected chi connectivity index (χ3v) is 7.11. The fourth-order valence-electron chi connectivity index (χ4n) is 3.24. The number of nitrogens with zero attached hydrogens (tertiary/aromatic N) is 2. The lowest BCUT2D eigenvalue weighted by Crippen LogP contribution is -2.35. The molecule has 0 bridgehead atoms. The molecule has 154 valence electrons. The number of hydrogen-bond acceptors (Lipinski definition) is 5. The Labute approximate surface area is 173 Å². The van der Waals surface area contributed by atoms with Crippen molar-refractivity contribution in [3.8, 4) is 0 Å². The summed E-state index contributed by atoms with van der Waals surface area (Å²) in [6.07, 6.45) is 2.58. The molecule has 1 aliphatic heterocycles. The molecular weight excluding hydrogens is 418 g/mol. The molecule has 1 amide bonds. The second-order valence-corrected chi connectivity index (χ2v) is 9.11. The van der Waals surface area contributed by atoms with Crippen LogP contribution in [-0.4, -0.2) is 36.6 Å². The van der Waals surface area contributed by atoms with Crippen molar-refractivity contribution in [1.82, 2.24) is 4.31 Å². The Hall–Kier alpha value is -2.49. The van der Waals surface area contributed by atoms with Gasteiger partial charge in [0.05, 0.1) is 31.7 Å². The molecule has 0 radical (unpaired) electrons. The molecule has 3 rings (SSSR count). The van der Waals surface area contributed by atoms with Crippen molar-refractivity contribution in [3.05, 3.63) is 62.7 Å². The summed E-state index contributed by atoms with van der Waals surface area (Å²) in [5.41, 5.74) is 0.398. The van der Waals surface area contributed by atoms with Crippen LogP contribution in [-0.2, 0) is 10.0 Å². The van der Waals surface area contributed by atoms with Gasteiger partial charge in [-0.05, 0) is 44.0 Å². The Morgan fingerprint density at radius 1 is 1.17 bits per heavy atom. The van der Waals surface area contributed by atoms with E-state index in [1.165, 1.54) is 47.6 Å². The number of rotatable bonds is 5. The van der Waals surface area contributed by atoms with Crippen LogP contribution in [0.25, 0.3) is 0 Å². The lowest BCUT2D eigenvalue weighted by atomic mass is 10.1. The molecule has 1 saturated heterocycles. The molecule has 1 fully saturated rings. The number of benzene rings is 2. The maximum absolute atomic E-state index is 12.9. The van der Waals surface area contributed by atoms with Gasteiger partial charge in [0.1, 0.15) is 0 Å². The van der Waals surface area contributed by atoms with Crippen LogP contribution in [0.15, 0.2) is 41.3 Å². The monoisotopic (exact) mass is 437 g/mol. The van der Waals surface area contributed by atoms with E-state index in [1.54, 1.807) is 0 Å². The van der Waals surface area contributed by atoms with Crippen LogP contribution in [0.4, 0.5) is 11.4 Å². The van der Waals surface area contributed by atoms with Crippen LogP contribution in [0.3, 0.4) is 0 Å². The van der Waals surface area contributed by atoms with Crippen molar-refractivity contribution in [3.63, 3.8) is 0 Å². The van der Waals surface area contributed by atoms with E-state index < -0.39 is 20.9 Å². The summed E-state index contributed by atoms with van der Waals surface area (Å²) in [7, 11) is -3.73. The lowest BCUT2D eigenvalue weighted by Gasteiger charge is -2.26. The molecule has 0 saturated carbocycles. The predicted molar refractivity (Wildman–Crippen MR) is 110 cm³/mol. The molecule has 29 heavy (non-hydrogen) atoms. The van der Waals surface area contributed by atoms with E-state index in [0.29, 0.717) is 18.7 Å². The fourth-order valence-corrected chi connectivity index (χ4v) is 4.99. The Morgan fingerprint density at radius 3 is 2.52 bits per heavy atom. The SMILES string of the molecule is Cc1c(NC(=O)c2cc(S(=O)(=O)N3CCCCC3)ccc2Cl)cccc1[N+](=O)[O-].